The molecule has 5 nitrogen and oxygen atoms in total. The van der Waals surface area contributed by atoms with Gasteiger partial charge in [0.1, 0.15) is 5.01 Å². The second kappa shape index (κ2) is 5.71. The summed E-state index contributed by atoms with van der Waals surface area (Å²) in [5.74, 6) is -1.24. The van der Waals surface area contributed by atoms with Gasteiger partial charge in [-0.2, -0.15) is 10.4 Å². The van der Waals surface area contributed by atoms with Gasteiger partial charge in [-0.3, -0.25) is 9.89 Å². The average Bonchev–Trinajstić information content (AvgIpc) is 3.20. The van der Waals surface area contributed by atoms with Crippen molar-refractivity contribution in [2.75, 3.05) is 0 Å². The fourth-order valence-corrected chi connectivity index (χ4v) is 3.76. The molecule has 0 spiro atoms. The molecule has 1 N–H and O–H groups in total. The third kappa shape index (κ3) is 2.35. The molecular formula is C17H9ClN4OS. The second-order valence-electron chi connectivity index (χ2n) is 5.23. The molecular weight excluding hydrogens is 344 g/mol. The summed E-state index contributed by atoms with van der Waals surface area (Å²) in [6.07, 6.45) is 1.59. The number of benzene rings is 2. The Morgan fingerprint density at radius 2 is 2.21 bits per heavy atom. The van der Waals surface area contributed by atoms with Gasteiger partial charge in [-0.15, -0.1) is 11.3 Å². The zero-order valence-corrected chi connectivity index (χ0v) is 13.7. The highest BCUT2D eigenvalue weighted by Crippen LogP contribution is 2.32. The molecule has 0 fully saturated rings. The molecule has 0 unspecified atom stereocenters. The van der Waals surface area contributed by atoms with Crippen LogP contribution in [0.3, 0.4) is 0 Å². The Kier molecular flexibility index (Phi) is 3.53. The third-order valence-electron chi connectivity index (χ3n) is 3.75. The largest absolute Gasteiger partial charge is 0.292 e. The molecule has 116 valence electrons. The number of thiazole rings is 1. The highest BCUT2D eigenvalue weighted by molar-refractivity contribution is 7.18. The van der Waals surface area contributed by atoms with Crippen molar-refractivity contribution in [3.8, 4) is 6.07 Å². The van der Waals surface area contributed by atoms with Gasteiger partial charge in [-0.1, -0.05) is 23.7 Å². The molecule has 2 aromatic heterocycles. The lowest BCUT2D eigenvalue weighted by atomic mass is 9.97. The number of carbonyl (C=O) groups excluding carboxylic acids is 1. The van der Waals surface area contributed by atoms with Gasteiger partial charge >= 0.3 is 0 Å². The van der Waals surface area contributed by atoms with Gasteiger partial charge < -0.3 is 0 Å². The van der Waals surface area contributed by atoms with E-state index >= 15 is 0 Å². The van der Waals surface area contributed by atoms with Crippen molar-refractivity contribution < 1.29 is 4.79 Å². The van der Waals surface area contributed by atoms with Gasteiger partial charge in [0.25, 0.3) is 0 Å². The monoisotopic (exact) mass is 352 g/mol. The molecule has 4 aromatic rings. The molecule has 7 heteroatoms. The molecule has 24 heavy (non-hydrogen) atoms. The number of Topliss-reactive ketones (excluding diaryl/α,β-unsaturated/α-hetero) is 1. The summed E-state index contributed by atoms with van der Waals surface area (Å²) >= 11 is 7.31. The lowest BCUT2D eigenvalue weighted by molar-refractivity contribution is 0.0980. The van der Waals surface area contributed by atoms with Gasteiger partial charge in [0.2, 0.25) is 0 Å². The van der Waals surface area contributed by atoms with Crippen LogP contribution in [0.4, 0.5) is 0 Å². The number of hydrogen-bond acceptors (Lipinski definition) is 5. The van der Waals surface area contributed by atoms with Gasteiger partial charge in [0.05, 0.1) is 28.0 Å². The van der Waals surface area contributed by atoms with E-state index in [0.29, 0.717) is 26.5 Å². The molecule has 1 atom stereocenters. The van der Waals surface area contributed by atoms with Crippen LogP contribution in [0.1, 0.15) is 21.3 Å². The topological polar surface area (TPSA) is 82.4 Å². The van der Waals surface area contributed by atoms with E-state index in [9.17, 15) is 10.1 Å². The fourth-order valence-electron chi connectivity index (χ4n) is 2.61. The summed E-state index contributed by atoms with van der Waals surface area (Å²) in [5, 5.41) is 18.1. The Bertz CT molecular complexity index is 1120. The van der Waals surface area contributed by atoms with E-state index in [1.54, 1.807) is 30.5 Å². The maximum Gasteiger partial charge on any atom is 0.187 e. The lowest BCUT2D eigenvalue weighted by Crippen LogP contribution is -2.11. The van der Waals surface area contributed by atoms with Crippen LogP contribution in [0.25, 0.3) is 21.1 Å². The van der Waals surface area contributed by atoms with Crippen molar-refractivity contribution in [1.82, 2.24) is 15.2 Å². The Labute approximate surface area is 145 Å². The number of nitrogens with zero attached hydrogens (tertiary/aromatic N) is 3. The summed E-state index contributed by atoms with van der Waals surface area (Å²) in [6, 6.07) is 12.7. The number of ketones is 1. The minimum Gasteiger partial charge on any atom is -0.292 e. The van der Waals surface area contributed by atoms with Crippen LogP contribution >= 0.6 is 22.9 Å². The van der Waals surface area contributed by atoms with Crippen LogP contribution in [0.15, 0.2) is 42.6 Å². The number of carbonyl (C=O) groups is 1. The first-order chi connectivity index (χ1) is 11.7. The minimum absolute atomic E-state index is 0.283. The standard InChI is InChI=1S/C17H9ClN4OS/c18-9-4-5-15-14(6-9)21-17(24-15)11(7-19)16(23)10-2-1-3-13-12(10)8-20-22-13/h1-6,8,11H,(H,20,22)/t11-/m1/s1. The molecule has 0 aliphatic rings. The van der Waals surface area contributed by atoms with Gasteiger partial charge in [0.15, 0.2) is 11.7 Å². The number of aromatic nitrogens is 3. The van der Waals surface area contributed by atoms with E-state index in [1.165, 1.54) is 11.3 Å². The fraction of sp³-hybridized carbons (Fsp3) is 0.0588. The number of fused-ring (bicyclic) bond motifs is 2. The quantitative estimate of drug-likeness (QED) is 0.557. The van der Waals surface area contributed by atoms with Crippen LogP contribution in [-0.4, -0.2) is 21.0 Å². The normalized spacial score (nSPS) is 12.3. The first-order valence-corrected chi connectivity index (χ1v) is 8.29. The molecule has 0 bridgehead atoms. The van der Waals surface area contributed by atoms with E-state index < -0.39 is 5.92 Å². The first kappa shape index (κ1) is 14.8. The van der Waals surface area contributed by atoms with Gasteiger partial charge in [-0.25, -0.2) is 4.98 Å². The Morgan fingerprint density at radius 3 is 3.04 bits per heavy atom. The molecule has 4 rings (SSSR count). The highest BCUT2D eigenvalue weighted by Gasteiger charge is 2.27. The SMILES string of the molecule is N#C[C@H](C(=O)c1cccc2[nH]ncc12)c1nc2cc(Cl)ccc2s1. The summed E-state index contributed by atoms with van der Waals surface area (Å²) in [5.41, 5.74) is 1.91. The summed E-state index contributed by atoms with van der Waals surface area (Å²) in [4.78, 5) is 17.3. The number of hydrogen-bond donors (Lipinski definition) is 1. The summed E-state index contributed by atoms with van der Waals surface area (Å²) < 4.78 is 0.893. The zero-order chi connectivity index (χ0) is 16.7. The van der Waals surface area contributed by atoms with E-state index in [1.807, 2.05) is 12.1 Å². The number of nitrogens with one attached hydrogen (secondary N) is 1. The van der Waals surface area contributed by atoms with Crippen LogP contribution in [0, 0.1) is 11.3 Å². The van der Waals surface area contributed by atoms with Crippen LogP contribution in [0.5, 0.6) is 0 Å². The van der Waals surface area contributed by atoms with Crippen molar-refractivity contribution >= 4 is 49.8 Å². The Balaban J connectivity index is 1.81. The minimum atomic E-state index is -0.957. The highest BCUT2D eigenvalue weighted by atomic mass is 35.5. The Morgan fingerprint density at radius 1 is 1.33 bits per heavy atom. The van der Waals surface area contributed by atoms with Crippen molar-refractivity contribution in [3.63, 3.8) is 0 Å². The number of nitriles is 1. The first-order valence-electron chi connectivity index (χ1n) is 7.09. The number of H-pyrrole nitrogens is 1. The van der Waals surface area contributed by atoms with Crippen molar-refractivity contribution in [1.29, 1.82) is 5.26 Å². The molecule has 0 saturated heterocycles. The number of aromatic amines is 1. The van der Waals surface area contributed by atoms with E-state index in [-0.39, 0.29) is 5.78 Å². The molecule has 0 aliphatic heterocycles. The number of halogens is 1. The van der Waals surface area contributed by atoms with E-state index in [2.05, 4.69) is 21.3 Å². The smallest absolute Gasteiger partial charge is 0.187 e. The summed E-state index contributed by atoms with van der Waals surface area (Å²) in [6.45, 7) is 0. The third-order valence-corrected chi connectivity index (χ3v) is 5.09. The van der Waals surface area contributed by atoms with Crippen LogP contribution in [-0.2, 0) is 0 Å². The molecule has 2 aromatic carbocycles. The predicted molar refractivity (Wildman–Crippen MR) is 93.4 cm³/mol. The predicted octanol–water partition coefficient (Wildman–Crippen LogP) is 4.32. The molecule has 2 heterocycles. The van der Waals surface area contributed by atoms with Gasteiger partial charge in [-0.05, 0) is 24.3 Å². The maximum absolute atomic E-state index is 12.9. The van der Waals surface area contributed by atoms with Crippen molar-refractivity contribution in [2.45, 2.75) is 5.92 Å². The van der Waals surface area contributed by atoms with E-state index in [4.69, 9.17) is 11.6 Å². The maximum atomic E-state index is 12.9. The van der Waals surface area contributed by atoms with E-state index in [0.717, 1.165) is 10.2 Å². The second-order valence-corrected chi connectivity index (χ2v) is 6.73. The molecule has 0 amide bonds. The lowest BCUT2D eigenvalue weighted by Gasteiger charge is -2.06. The van der Waals surface area contributed by atoms with Crippen LogP contribution in [0.2, 0.25) is 5.02 Å². The molecule has 0 saturated carbocycles. The van der Waals surface area contributed by atoms with Gasteiger partial charge in [0, 0.05) is 16.0 Å². The molecule has 0 radical (unpaired) electrons. The van der Waals surface area contributed by atoms with Crippen LogP contribution < -0.4 is 0 Å². The zero-order valence-electron chi connectivity index (χ0n) is 12.2. The van der Waals surface area contributed by atoms with Crippen molar-refractivity contribution in [2.24, 2.45) is 0 Å². The number of rotatable bonds is 3. The Hall–Kier alpha value is -2.75. The van der Waals surface area contributed by atoms with Crippen molar-refractivity contribution in [3.05, 3.63) is 58.2 Å². The average molecular weight is 353 g/mol. The molecule has 0 aliphatic carbocycles. The summed E-state index contributed by atoms with van der Waals surface area (Å²) in [7, 11) is 0.